The predicted octanol–water partition coefficient (Wildman–Crippen LogP) is 3.53. The number of hydrogen-bond donors (Lipinski definition) is 4. The maximum Gasteiger partial charge on any atom is 0.270 e. The number of alkyl halides is 1. The number of carbonyl (C=O) groups is 2. The van der Waals surface area contributed by atoms with Crippen molar-refractivity contribution in [2.24, 2.45) is 0 Å². The lowest BCUT2D eigenvalue weighted by Crippen LogP contribution is -2.54. The summed E-state index contributed by atoms with van der Waals surface area (Å²) in [4.78, 5) is 23.9. The van der Waals surface area contributed by atoms with E-state index in [1.165, 1.54) is 11.0 Å². The van der Waals surface area contributed by atoms with Crippen molar-refractivity contribution in [2.45, 2.75) is 37.7 Å². The normalized spacial score (nSPS) is 14.1. The van der Waals surface area contributed by atoms with Crippen molar-refractivity contribution >= 4 is 24.4 Å². The highest BCUT2D eigenvalue weighted by atomic mass is 32.1. The molecule has 2 aromatic carbocycles. The van der Waals surface area contributed by atoms with Crippen molar-refractivity contribution in [1.29, 1.82) is 0 Å². The summed E-state index contributed by atoms with van der Waals surface area (Å²) < 4.78 is 14.0. The number of rotatable bonds is 7. The molecule has 0 aliphatic heterocycles. The Kier molecular flexibility index (Phi) is 6.98. The molecule has 0 spiro atoms. The highest BCUT2D eigenvalue weighted by molar-refractivity contribution is 7.81. The number of halogens is 1. The van der Waals surface area contributed by atoms with Crippen LogP contribution in [0.3, 0.4) is 0 Å². The minimum atomic E-state index is -2.34. The van der Waals surface area contributed by atoms with Crippen molar-refractivity contribution in [3.8, 4) is 11.1 Å². The van der Waals surface area contributed by atoms with Crippen LogP contribution in [0.4, 0.5) is 4.39 Å². The lowest BCUT2D eigenvalue weighted by atomic mass is 10.0. The molecule has 3 N–H and O–H groups in total. The summed E-state index contributed by atoms with van der Waals surface area (Å²) in [6, 6.07) is 13.3. The molecule has 0 radical (unpaired) electrons. The predicted molar refractivity (Wildman–Crippen MR) is 106 cm³/mol. The maximum absolute atomic E-state index is 14.0. The second kappa shape index (κ2) is 9.01. The molecule has 2 amide bonds. The first-order valence-electron chi connectivity index (χ1n) is 8.61. The largest absolute Gasteiger partial charge is 0.337 e. The molecule has 0 saturated carbocycles. The molecular weight excluding hydrogens is 367 g/mol. The standard InChI is InChI=1S/C20H23FN2O3S/c1-3-4-13-5-7-14(8-6-13)15-9-11-16(12-10-15)18(24)22-17(19(25)23-26)20(2,21)27/h5-12,17,26-27H,3-4H2,1-2H3,(H,22,24)(H,23,25). The lowest BCUT2D eigenvalue weighted by molar-refractivity contribution is -0.133. The van der Waals surface area contributed by atoms with E-state index in [1.54, 1.807) is 24.3 Å². The summed E-state index contributed by atoms with van der Waals surface area (Å²) in [5.74, 6) is -1.74. The summed E-state index contributed by atoms with van der Waals surface area (Å²) in [5, 5.41) is 8.61. The second-order valence-corrected chi connectivity index (χ2v) is 7.31. The van der Waals surface area contributed by atoms with Gasteiger partial charge in [-0.2, -0.15) is 0 Å². The Bertz CT molecular complexity index is 786. The topological polar surface area (TPSA) is 78.4 Å². The van der Waals surface area contributed by atoms with Crippen LogP contribution in [-0.4, -0.2) is 28.1 Å². The van der Waals surface area contributed by atoms with Gasteiger partial charge >= 0.3 is 0 Å². The maximum atomic E-state index is 14.0. The number of thiol groups is 1. The van der Waals surface area contributed by atoms with Gasteiger partial charge < -0.3 is 5.32 Å². The number of benzene rings is 2. The summed E-state index contributed by atoms with van der Waals surface area (Å²) in [6.07, 6.45) is 2.11. The van der Waals surface area contributed by atoms with E-state index in [2.05, 4.69) is 37.0 Å². The van der Waals surface area contributed by atoms with Crippen molar-refractivity contribution in [3.63, 3.8) is 0 Å². The Morgan fingerprint density at radius 1 is 1.11 bits per heavy atom. The monoisotopic (exact) mass is 390 g/mol. The Labute approximate surface area is 163 Å². The highest BCUT2D eigenvalue weighted by Gasteiger charge is 2.37. The van der Waals surface area contributed by atoms with Crippen molar-refractivity contribution in [3.05, 3.63) is 59.7 Å². The van der Waals surface area contributed by atoms with Crippen LogP contribution >= 0.6 is 12.6 Å². The van der Waals surface area contributed by atoms with Gasteiger partial charge in [0.05, 0.1) is 0 Å². The number of hydrogen-bond acceptors (Lipinski definition) is 4. The van der Waals surface area contributed by atoms with E-state index in [0.29, 0.717) is 0 Å². The zero-order valence-electron chi connectivity index (χ0n) is 15.2. The summed E-state index contributed by atoms with van der Waals surface area (Å²) in [6.45, 7) is 3.15. The summed E-state index contributed by atoms with van der Waals surface area (Å²) in [7, 11) is 0. The molecule has 0 heterocycles. The lowest BCUT2D eigenvalue weighted by Gasteiger charge is -2.25. The number of hydroxylamine groups is 1. The molecule has 2 aromatic rings. The average Bonchev–Trinajstić information content (AvgIpc) is 2.65. The Morgan fingerprint density at radius 2 is 1.63 bits per heavy atom. The van der Waals surface area contributed by atoms with Crippen LogP contribution < -0.4 is 10.8 Å². The van der Waals surface area contributed by atoms with Gasteiger partial charge in [0.15, 0.2) is 11.0 Å². The van der Waals surface area contributed by atoms with Gasteiger partial charge in [-0.25, -0.2) is 9.87 Å². The Hall–Kier alpha value is -2.38. The van der Waals surface area contributed by atoms with E-state index >= 15 is 0 Å². The van der Waals surface area contributed by atoms with Gasteiger partial charge in [-0.05, 0) is 42.2 Å². The smallest absolute Gasteiger partial charge is 0.270 e. The molecule has 2 rings (SSSR count). The van der Waals surface area contributed by atoms with E-state index < -0.39 is 22.9 Å². The Balaban J connectivity index is 2.13. The van der Waals surface area contributed by atoms with Crippen LogP contribution in [0.25, 0.3) is 11.1 Å². The van der Waals surface area contributed by atoms with Crippen molar-refractivity contribution in [2.75, 3.05) is 0 Å². The van der Waals surface area contributed by atoms with Gasteiger partial charge in [0.25, 0.3) is 11.8 Å². The molecule has 0 saturated heterocycles. The molecule has 0 aromatic heterocycles. The fourth-order valence-electron chi connectivity index (χ4n) is 2.68. The second-order valence-electron chi connectivity index (χ2n) is 6.43. The van der Waals surface area contributed by atoms with Gasteiger partial charge in [0.2, 0.25) is 0 Å². The molecule has 7 heteroatoms. The molecule has 0 aliphatic carbocycles. The molecular formula is C20H23FN2O3S. The van der Waals surface area contributed by atoms with Gasteiger partial charge in [0, 0.05) is 5.56 Å². The van der Waals surface area contributed by atoms with E-state index in [9.17, 15) is 14.0 Å². The minimum Gasteiger partial charge on any atom is -0.337 e. The highest BCUT2D eigenvalue weighted by Crippen LogP contribution is 2.23. The molecule has 5 nitrogen and oxygen atoms in total. The zero-order chi connectivity index (χ0) is 20.0. The third kappa shape index (κ3) is 5.55. The van der Waals surface area contributed by atoms with Crippen LogP contribution in [-0.2, 0) is 11.2 Å². The van der Waals surface area contributed by atoms with Crippen molar-refractivity contribution < 1.29 is 19.2 Å². The fourth-order valence-corrected chi connectivity index (χ4v) is 2.86. The van der Waals surface area contributed by atoms with Crippen LogP contribution in [0.1, 0.15) is 36.2 Å². The van der Waals surface area contributed by atoms with Gasteiger partial charge in [0.1, 0.15) is 0 Å². The van der Waals surface area contributed by atoms with E-state index in [4.69, 9.17) is 5.21 Å². The molecule has 2 atom stereocenters. The van der Waals surface area contributed by atoms with E-state index in [0.717, 1.165) is 30.9 Å². The molecule has 0 fully saturated rings. The van der Waals surface area contributed by atoms with Crippen LogP contribution in [0.15, 0.2) is 48.5 Å². The number of amides is 2. The van der Waals surface area contributed by atoms with Gasteiger partial charge in [-0.3, -0.25) is 14.8 Å². The van der Waals surface area contributed by atoms with E-state index in [-0.39, 0.29) is 5.56 Å². The zero-order valence-corrected chi connectivity index (χ0v) is 16.1. The number of carbonyl (C=O) groups excluding carboxylic acids is 2. The quantitative estimate of drug-likeness (QED) is 0.332. The average molecular weight is 390 g/mol. The summed E-state index contributed by atoms with van der Waals surface area (Å²) >= 11 is 3.66. The first-order chi connectivity index (χ1) is 12.8. The third-order valence-electron chi connectivity index (χ3n) is 4.15. The van der Waals surface area contributed by atoms with Gasteiger partial charge in [-0.15, -0.1) is 12.6 Å². The number of nitrogens with one attached hydrogen (secondary N) is 2. The van der Waals surface area contributed by atoms with Crippen molar-refractivity contribution in [1.82, 2.24) is 10.8 Å². The van der Waals surface area contributed by atoms with Gasteiger partial charge in [-0.1, -0.05) is 49.7 Å². The number of aryl methyl sites for hydroxylation is 1. The molecule has 0 aliphatic rings. The summed E-state index contributed by atoms with van der Waals surface area (Å²) in [5.41, 5.74) is 4.81. The molecule has 2 unspecified atom stereocenters. The minimum absolute atomic E-state index is 0.259. The van der Waals surface area contributed by atoms with Crippen LogP contribution in [0.5, 0.6) is 0 Å². The SMILES string of the molecule is CCCc1ccc(-c2ccc(C(=O)NC(C(=O)NO)C(C)(F)S)cc2)cc1. The molecule has 27 heavy (non-hydrogen) atoms. The van der Waals surface area contributed by atoms with Crippen LogP contribution in [0.2, 0.25) is 0 Å². The Morgan fingerprint density at radius 3 is 2.07 bits per heavy atom. The third-order valence-corrected chi connectivity index (χ3v) is 4.41. The molecule has 144 valence electrons. The molecule has 0 bridgehead atoms. The van der Waals surface area contributed by atoms with Crippen LogP contribution in [0, 0.1) is 0 Å². The fraction of sp³-hybridized carbons (Fsp3) is 0.300. The first-order valence-corrected chi connectivity index (χ1v) is 9.06. The first kappa shape index (κ1) is 20.9. The van der Waals surface area contributed by atoms with E-state index in [1.807, 2.05) is 12.1 Å².